The van der Waals surface area contributed by atoms with Gasteiger partial charge in [0.1, 0.15) is 0 Å². The van der Waals surface area contributed by atoms with Crippen LogP contribution in [0.4, 0.5) is 0 Å². The second kappa shape index (κ2) is 6.33. The summed E-state index contributed by atoms with van der Waals surface area (Å²) in [7, 11) is 0. The lowest BCUT2D eigenvalue weighted by Crippen LogP contribution is -2.15. The van der Waals surface area contributed by atoms with E-state index in [-0.39, 0.29) is 5.84 Å². The Balaban J connectivity index is 2.43. The molecular formula is C15H15BrN2OS. The van der Waals surface area contributed by atoms with Gasteiger partial charge in [0.05, 0.1) is 0 Å². The minimum Gasteiger partial charge on any atom is -0.409 e. The van der Waals surface area contributed by atoms with Crippen LogP contribution in [0.3, 0.4) is 0 Å². The number of amidine groups is 1. The summed E-state index contributed by atoms with van der Waals surface area (Å²) in [5.74, 6) is 0.101. The minimum absolute atomic E-state index is 0.101. The van der Waals surface area contributed by atoms with Crippen LogP contribution in [0, 0.1) is 13.8 Å². The molecule has 0 aliphatic rings. The molecule has 0 saturated heterocycles. The third-order valence-corrected chi connectivity index (χ3v) is 4.76. The van der Waals surface area contributed by atoms with Gasteiger partial charge in [-0.2, -0.15) is 0 Å². The number of benzene rings is 2. The highest BCUT2D eigenvalue weighted by Gasteiger charge is 2.12. The van der Waals surface area contributed by atoms with Gasteiger partial charge in [0.25, 0.3) is 0 Å². The molecule has 20 heavy (non-hydrogen) atoms. The number of nitrogens with two attached hydrogens (primary N) is 1. The van der Waals surface area contributed by atoms with E-state index >= 15 is 0 Å². The summed E-state index contributed by atoms with van der Waals surface area (Å²) in [6.45, 7) is 4.18. The van der Waals surface area contributed by atoms with Gasteiger partial charge >= 0.3 is 0 Å². The molecule has 0 aliphatic heterocycles. The zero-order chi connectivity index (χ0) is 14.7. The fourth-order valence-electron chi connectivity index (χ4n) is 1.79. The van der Waals surface area contributed by atoms with Crippen molar-refractivity contribution in [1.82, 2.24) is 0 Å². The third-order valence-electron chi connectivity index (χ3n) is 3.05. The van der Waals surface area contributed by atoms with Crippen molar-refractivity contribution in [2.75, 3.05) is 0 Å². The first-order valence-corrected chi connectivity index (χ1v) is 7.65. The van der Waals surface area contributed by atoms with Crippen molar-refractivity contribution in [3.05, 3.63) is 57.6 Å². The van der Waals surface area contributed by atoms with Crippen molar-refractivity contribution in [3.8, 4) is 0 Å². The van der Waals surface area contributed by atoms with E-state index in [1.165, 1.54) is 11.1 Å². The summed E-state index contributed by atoms with van der Waals surface area (Å²) in [5.41, 5.74) is 8.98. The quantitative estimate of drug-likeness (QED) is 0.375. The second-order valence-corrected chi connectivity index (χ2v) is 6.42. The molecule has 0 spiro atoms. The van der Waals surface area contributed by atoms with Crippen LogP contribution in [0.25, 0.3) is 0 Å². The van der Waals surface area contributed by atoms with Gasteiger partial charge in [-0.3, -0.25) is 0 Å². The van der Waals surface area contributed by atoms with Crippen LogP contribution < -0.4 is 5.73 Å². The summed E-state index contributed by atoms with van der Waals surface area (Å²) in [6.07, 6.45) is 0. The number of hydrogen-bond donors (Lipinski definition) is 2. The number of aryl methyl sites for hydroxylation is 2. The molecule has 104 valence electrons. The predicted octanol–water partition coefficient (Wildman–Crippen LogP) is 4.31. The second-order valence-electron chi connectivity index (χ2n) is 4.45. The molecule has 0 heterocycles. The zero-order valence-corrected chi connectivity index (χ0v) is 13.6. The molecule has 2 rings (SSSR count). The van der Waals surface area contributed by atoms with E-state index in [0.717, 1.165) is 14.3 Å². The Kier molecular flexibility index (Phi) is 4.73. The van der Waals surface area contributed by atoms with Gasteiger partial charge in [-0.1, -0.05) is 29.1 Å². The highest BCUT2D eigenvalue weighted by Crippen LogP contribution is 2.34. The van der Waals surface area contributed by atoms with Crippen molar-refractivity contribution in [2.45, 2.75) is 23.6 Å². The van der Waals surface area contributed by atoms with E-state index in [0.29, 0.717) is 5.56 Å². The predicted molar refractivity (Wildman–Crippen MR) is 86.7 cm³/mol. The molecule has 0 radical (unpaired) electrons. The maximum absolute atomic E-state index is 8.92. The number of halogens is 1. The Hall–Kier alpha value is -1.46. The normalized spacial score (nSPS) is 11.7. The van der Waals surface area contributed by atoms with Crippen molar-refractivity contribution in [3.63, 3.8) is 0 Å². The Morgan fingerprint density at radius 3 is 2.60 bits per heavy atom. The van der Waals surface area contributed by atoms with Crippen molar-refractivity contribution < 1.29 is 5.21 Å². The van der Waals surface area contributed by atoms with Crippen molar-refractivity contribution in [2.24, 2.45) is 10.9 Å². The van der Waals surface area contributed by atoms with Gasteiger partial charge in [-0.15, -0.1) is 0 Å². The molecule has 0 atom stereocenters. The van der Waals surface area contributed by atoms with Gasteiger partial charge in [0.2, 0.25) is 0 Å². The molecule has 0 aliphatic carbocycles. The fourth-order valence-corrected chi connectivity index (χ4v) is 3.58. The molecule has 0 amide bonds. The van der Waals surface area contributed by atoms with Crippen LogP contribution in [0.15, 0.2) is 55.8 Å². The van der Waals surface area contributed by atoms with Crippen LogP contribution in [-0.2, 0) is 0 Å². The Labute approximate surface area is 131 Å². The Morgan fingerprint density at radius 2 is 1.95 bits per heavy atom. The molecule has 2 aromatic carbocycles. The molecule has 0 saturated carbocycles. The topological polar surface area (TPSA) is 58.6 Å². The minimum atomic E-state index is 0.101. The Morgan fingerprint density at radius 1 is 1.20 bits per heavy atom. The summed E-state index contributed by atoms with van der Waals surface area (Å²) in [4.78, 5) is 2.07. The average molecular weight is 351 g/mol. The summed E-state index contributed by atoms with van der Waals surface area (Å²) in [6, 6.07) is 12.1. The van der Waals surface area contributed by atoms with Crippen LogP contribution in [0.2, 0.25) is 0 Å². The summed E-state index contributed by atoms with van der Waals surface area (Å²) in [5, 5.41) is 12.0. The highest BCUT2D eigenvalue weighted by molar-refractivity contribution is 9.10. The van der Waals surface area contributed by atoms with Crippen molar-refractivity contribution >= 4 is 33.5 Å². The van der Waals surface area contributed by atoms with E-state index in [1.54, 1.807) is 11.8 Å². The van der Waals surface area contributed by atoms with Gasteiger partial charge in [-0.25, -0.2) is 0 Å². The zero-order valence-electron chi connectivity index (χ0n) is 11.2. The molecule has 0 aromatic heterocycles. The van der Waals surface area contributed by atoms with E-state index in [9.17, 15) is 0 Å². The smallest absolute Gasteiger partial charge is 0.172 e. The van der Waals surface area contributed by atoms with E-state index in [4.69, 9.17) is 10.9 Å². The molecule has 3 nitrogen and oxygen atoms in total. The monoisotopic (exact) mass is 350 g/mol. The van der Waals surface area contributed by atoms with Crippen LogP contribution in [0.5, 0.6) is 0 Å². The maximum atomic E-state index is 8.92. The van der Waals surface area contributed by atoms with Gasteiger partial charge < -0.3 is 10.9 Å². The highest BCUT2D eigenvalue weighted by atomic mass is 79.9. The number of rotatable bonds is 3. The number of hydrogen-bond acceptors (Lipinski definition) is 3. The fraction of sp³-hybridized carbons (Fsp3) is 0.133. The molecular weight excluding hydrogens is 336 g/mol. The Bertz CT molecular complexity index is 671. The molecule has 3 N–H and O–H groups in total. The van der Waals surface area contributed by atoms with E-state index in [2.05, 4.69) is 53.1 Å². The van der Waals surface area contributed by atoms with E-state index in [1.807, 2.05) is 18.2 Å². The summed E-state index contributed by atoms with van der Waals surface area (Å²) < 4.78 is 0.807. The molecule has 0 bridgehead atoms. The third kappa shape index (κ3) is 3.16. The largest absolute Gasteiger partial charge is 0.409 e. The van der Waals surface area contributed by atoms with Gasteiger partial charge in [0, 0.05) is 19.8 Å². The summed E-state index contributed by atoms with van der Waals surface area (Å²) >= 11 is 5.04. The average Bonchev–Trinajstić information content (AvgIpc) is 2.42. The SMILES string of the molecule is Cc1ccc(Sc2cccc(Br)c2/C(N)=N/O)cc1C. The van der Waals surface area contributed by atoms with Crippen LogP contribution >= 0.6 is 27.7 Å². The lowest BCUT2D eigenvalue weighted by molar-refractivity contribution is 0.318. The number of oxime groups is 1. The molecule has 2 aromatic rings. The lowest BCUT2D eigenvalue weighted by Gasteiger charge is -2.11. The standard InChI is InChI=1S/C15H15BrN2OS/c1-9-6-7-11(8-10(9)2)20-13-5-3-4-12(16)14(13)15(17)18-19/h3-8,19H,1-2H3,(H2,17,18). The molecule has 0 fully saturated rings. The molecule has 0 unspecified atom stereocenters. The number of nitrogens with zero attached hydrogens (tertiary/aromatic N) is 1. The van der Waals surface area contributed by atoms with Crippen LogP contribution in [-0.4, -0.2) is 11.0 Å². The van der Waals surface area contributed by atoms with Crippen molar-refractivity contribution in [1.29, 1.82) is 0 Å². The van der Waals surface area contributed by atoms with Gasteiger partial charge in [0.15, 0.2) is 5.84 Å². The maximum Gasteiger partial charge on any atom is 0.172 e. The van der Waals surface area contributed by atoms with E-state index < -0.39 is 0 Å². The first-order valence-electron chi connectivity index (χ1n) is 6.04. The lowest BCUT2D eigenvalue weighted by atomic mass is 10.1. The first kappa shape index (κ1) is 14.9. The van der Waals surface area contributed by atoms with Crippen LogP contribution in [0.1, 0.15) is 16.7 Å². The van der Waals surface area contributed by atoms with Gasteiger partial charge in [-0.05, 0) is 65.2 Å². The molecule has 5 heteroatoms. The first-order chi connectivity index (χ1) is 9.52.